The third-order valence-corrected chi connectivity index (χ3v) is 3.69. The number of nitrogen functional groups attached to an aromatic ring is 1. The first kappa shape index (κ1) is 17.5. The average Bonchev–Trinajstić information content (AvgIpc) is 3.00. The van der Waals surface area contributed by atoms with Crippen molar-refractivity contribution in [2.45, 2.75) is 13.1 Å². The van der Waals surface area contributed by atoms with Crippen LogP contribution in [0, 0.1) is 6.92 Å². The summed E-state index contributed by atoms with van der Waals surface area (Å²) in [7, 11) is 0. The third kappa shape index (κ3) is 3.23. The van der Waals surface area contributed by atoms with E-state index in [-0.39, 0.29) is 5.56 Å². The van der Waals surface area contributed by atoms with Gasteiger partial charge in [-0.05, 0) is 13.0 Å². The van der Waals surface area contributed by atoms with Crippen LogP contribution in [-0.4, -0.2) is 26.0 Å². The topological polar surface area (TPSA) is 105 Å². The number of aromatic carboxylic acids is 1. The van der Waals surface area contributed by atoms with Crippen LogP contribution in [0.3, 0.4) is 0 Å². The lowest BCUT2D eigenvalue weighted by molar-refractivity contribution is -0.137. The Morgan fingerprint density at radius 1 is 1.19 bits per heavy atom. The highest BCUT2D eigenvalue weighted by Gasteiger charge is 2.36. The summed E-state index contributed by atoms with van der Waals surface area (Å²) < 4.78 is 40.0. The van der Waals surface area contributed by atoms with Crippen LogP contribution in [0.4, 0.5) is 18.9 Å². The summed E-state index contributed by atoms with van der Waals surface area (Å²) in [5, 5.41) is 9.09. The van der Waals surface area contributed by atoms with E-state index in [1.807, 2.05) is 6.92 Å². The van der Waals surface area contributed by atoms with E-state index in [1.54, 1.807) is 18.3 Å². The maximum Gasteiger partial charge on any atom is 0.418 e. The largest absolute Gasteiger partial charge is 0.476 e. The highest BCUT2D eigenvalue weighted by atomic mass is 19.4. The van der Waals surface area contributed by atoms with Crippen molar-refractivity contribution in [3.63, 3.8) is 0 Å². The van der Waals surface area contributed by atoms with Gasteiger partial charge in [-0.3, -0.25) is 0 Å². The minimum atomic E-state index is -4.73. The fourth-order valence-corrected chi connectivity index (χ4v) is 2.48. The molecule has 0 aliphatic rings. The molecule has 9 heteroatoms. The molecule has 0 fully saturated rings. The summed E-state index contributed by atoms with van der Waals surface area (Å²) in [6.07, 6.45) is -3.10. The molecular weight excluding hydrogens is 349 g/mol. The van der Waals surface area contributed by atoms with Gasteiger partial charge in [0.05, 0.1) is 16.9 Å². The second-order valence-electron chi connectivity index (χ2n) is 5.62. The fraction of sp³-hybridized carbons (Fsp3) is 0.118. The van der Waals surface area contributed by atoms with Crippen LogP contribution in [-0.2, 0) is 6.18 Å². The SMILES string of the molecule is Cc1cnc(-c2ccc(-c3nc(C(=O)O)c(N)cc3C(F)(F)F)cc2)[nH]1. The van der Waals surface area contributed by atoms with Crippen LogP contribution in [0.25, 0.3) is 22.6 Å². The van der Waals surface area contributed by atoms with Crippen molar-refractivity contribution in [3.8, 4) is 22.6 Å². The van der Waals surface area contributed by atoms with Gasteiger partial charge in [0.1, 0.15) is 5.82 Å². The smallest absolute Gasteiger partial charge is 0.418 e. The summed E-state index contributed by atoms with van der Waals surface area (Å²) in [5.41, 5.74) is 4.28. The van der Waals surface area contributed by atoms with Crippen molar-refractivity contribution >= 4 is 11.7 Å². The van der Waals surface area contributed by atoms with Gasteiger partial charge in [0, 0.05) is 23.0 Å². The number of nitrogens with zero attached hydrogens (tertiary/aromatic N) is 2. The molecule has 1 aromatic carbocycles. The monoisotopic (exact) mass is 362 g/mol. The molecule has 3 rings (SSSR count). The zero-order chi connectivity index (χ0) is 19.1. The number of carbonyl (C=O) groups is 1. The molecule has 0 bridgehead atoms. The van der Waals surface area contributed by atoms with Gasteiger partial charge in [-0.2, -0.15) is 13.2 Å². The molecule has 0 aliphatic heterocycles. The summed E-state index contributed by atoms with van der Waals surface area (Å²) in [6.45, 7) is 1.83. The number of nitrogens with one attached hydrogen (secondary N) is 1. The van der Waals surface area contributed by atoms with Crippen LogP contribution in [0.15, 0.2) is 36.5 Å². The molecule has 6 nitrogen and oxygen atoms in total. The van der Waals surface area contributed by atoms with E-state index >= 15 is 0 Å². The first-order chi connectivity index (χ1) is 12.2. The van der Waals surface area contributed by atoms with Crippen LogP contribution in [0.5, 0.6) is 0 Å². The summed E-state index contributed by atoms with van der Waals surface area (Å²) in [6, 6.07) is 6.59. The van der Waals surface area contributed by atoms with Gasteiger partial charge < -0.3 is 15.8 Å². The number of halogens is 3. The summed E-state index contributed by atoms with van der Waals surface area (Å²) in [5.74, 6) is -0.929. The van der Waals surface area contributed by atoms with Gasteiger partial charge in [-0.15, -0.1) is 0 Å². The molecule has 0 saturated heterocycles. The number of nitrogens with two attached hydrogens (primary N) is 1. The highest BCUT2D eigenvalue weighted by molar-refractivity contribution is 5.92. The average molecular weight is 362 g/mol. The molecule has 4 N–H and O–H groups in total. The Labute approximate surface area is 145 Å². The normalized spacial score (nSPS) is 11.5. The zero-order valence-corrected chi connectivity index (χ0v) is 13.4. The van der Waals surface area contributed by atoms with E-state index < -0.39 is 34.8 Å². The number of hydrogen-bond donors (Lipinski definition) is 3. The minimum Gasteiger partial charge on any atom is -0.476 e. The number of carboxylic acids is 1. The summed E-state index contributed by atoms with van der Waals surface area (Å²) >= 11 is 0. The molecule has 134 valence electrons. The van der Waals surface area contributed by atoms with Gasteiger partial charge in [-0.25, -0.2) is 14.8 Å². The number of aromatic amines is 1. The van der Waals surface area contributed by atoms with E-state index in [2.05, 4.69) is 15.0 Å². The molecule has 0 unspecified atom stereocenters. The predicted octanol–water partition coefficient (Wildman–Crippen LogP) is 3.75. The Morgan fingerprint density at radius 2 is 1.81 bits per heavy atom. The lowest BCUT2D eigenvalue weighted by Gasteiger charge is -2.14. The van der Waals surface area contributed by atoms with Crippen LogP contribution in [0.2, 0.25) is 0 Å². The molecule has 0 atom stereocenters. The molecule has 2 heterocycles. The molecule has 3 aromatic rings. The quantitative estimate of drug-likeness (QED) is 0.658. The molecule has 0 amide bonds. The number of alkyl halides is 3. The van der Waals surface area contributed by atoms with Gasteiger partial charge in [-0.1, -0.05) is 24.3 Å². The molecule has 0 aliphatic carbocycles. The Hall–Kier alpha value is -3.36. The van der Waals surface area contributed by atoms with Gasteiger partial charge in [0.25, 0.3) is 0 Å². The van der Waals surface area contributed by atoms with Crippen LogP contribution in [0.1, 0.15) is 21.7 Å². The number of hydrogen-bond acceptors (Lipinski definition) is 4. The van der Waals surface area contributed by atoms with E-state index in [1.165, 1.54) is 12.1 Å². The number of aromatic nitrogens is 3. The Morgan fingerprint density at radius 3 is 2.31 bits per heavy atom. The first-order valence-corrected chi connectivity index (χ1v) is 7.40. The second kappa shape index (κ2) is 6.17. The Balaban J connectivity index is 2.12. The number of imidazole rings is 1. The van der Waals surface area contributed by atoms with E-state index in [0.717, 1.165) is 5.69 Å². The van der Waals surface area contributed by atoms with Gasteiger partial charge in [0.15, 0.2) is 5.69 Å². The van der Waals surface area contributed by atoms with Crippen molar-refractivity contribution in [3.05, 3.63) is 53.5 Å². The number of H-pyrrole nitrogens is 1. The number of pyridine rings is 1. The predicted molar refractivity (Wildman–Crippen MR) is 88.4 cm³/mol. The standard InChI is InChI=1S/C17H13F3N4O2/c1-8-7-22-15(23-8)10-4-2-9(3-5-10)13-11(17(18,19)20)6-12(21)14(24-13)16(25)26/h2-7H,21H2,1H3,(H,22,23)(H,25,26). The number of rotatable bonds is 3. The second-order valence-corrected chi connectivity index (χ2v) is 5.62. The zero-order valence-electron chi connectivity index (χ0n) is 13.4. The maximum atomic E-state index is 13.3. The number of aryl methyl sites for hydroxylation is 1. The first-order valence-electron chi connectivity index (χ1n) is 7.40. The third-order valence-electron chi connectivity index (χ3n) is 3.69. The maximum absolute atomic E-state index is 13.3. The molecule has 0 saturated carbocycles. The van der Waals surface area contributed by atoms with E-state index in [9.17, 15) is 18.0 Å². The number of benzene rings is 1. The molecule has 0 spiro atoms. The Kier molecular flexibility index (Phi) is 4.15. The molecule has 0 radical (unpaired) electrons. The van der Waals surface area contributed by atoms with Crippen LogP contribution < -0.4 is 5.73 Å². The van der Waals surface area contributed by atoms with Gasteiger partial charge >= 0.3 is 12.1 Å². The van der Waals surface area contributed by atoms with Crippen LogP contribution >= 0.6 is 0 Å². The minimum absolute atomic E-state index is 0.117. The molecule has 2 aromatic heterocycles. The van der Waals surface area contributed by atoms with E-state index in [0.29, 0.717) is 17.5 Å². The van der Waals surface area contributed by atoms with Crippen molar-refractivity contribution in [2.75, 3.05) is 5.73 Å². The van der Waals surface area contributed by atoms with Gasteiger partial charge in [0.2, 0.25) is 0 Å². The van der Waals surface area contributed by atoms with E-state index in [4.69, 9.17) is 10.8 Å². The lowest BCUT2D eigenvalue weighted by Crippen LogP contribution is -2.14. The lowest BCUT2D eigenvalue weighted by atomic mass is 10.0. The highest BCUT2D eigenvalue weighted by Crippen LogP contribution is 2.38. The fourth-order valence-electron chi connectivity index (χ4n) is 2.48. The van der Waals surface area contributed by atoms with Crippen molar-refractivity contribution in [1.29, 1.82) is 0 Å². The van der Waals surface area contributed by atoms with Crippen molar-refractivity contribution in [2.24, 2.45) is 0 Å². The van der Waals surface area contributed by atoms with Crippen molar-refractivity contribution < 1.29 is 23.1 Å². The van der Waals surface area contributed by atoms with Crippen molar-refractivity contribution in [1.82, 2.24) is 15.0 Å². The Bertz CT molecular complexity index is 979. The summed E-state index contributed by atoms with van der Waals surface area (Å²) in [4.78, 5) is 22.0. The molecule has 26 heavy (non-hydrogen) atoms. The number of anilines is 1. The number of carboxylic acid groups (broad SMARTS) is 1. The molecular formula is C17H13F3N4O2.